The molecule has 0 bridgehead atoms. The highest BCUT2D eigenvalue weighted by atomic mass is 35.5. The van der Waals surface area contributed by atoms with E-state index in [4.69, 9.17) is 17.3 Å². The fraction of sp³-hybridized carbons (Fsp3) is 0.154. The summed E-state index contributed by atoms with van der Waals surface area (Å²) in [5, 5.41) is 0.582. The Balaban J connectivity index is 2.38. The van der Waals surface area contributed by atoms with Gasteiger partial charge in [-0.15, -0.1) is 0 Å². The number of nitrogens with two attached hydrogens (primary N) is 1. The van der Waals surface area contributed by atoms with Gasteiger partial charge in [0.2, 0.25) is 0 Å². The van der Waals surface area contributed by atoms with E-state index in [9.17, 15) is 4.79 Å². The molecule has 88 valence electrons. The third-order valence-corrected chi connectivity index (χ3v) is 2.98. The summed E-state index contributed by atoms with van der Waals surface area (Å²) < 4.78 is 1.63. The fourth-order valence-corrected chi connectivity index (χ4v) is 1.91. The Kier molecular flexibility index (Phi) is 3.20. The van der Waals surface area contributed by atoms with Crippen molar-refractivity contribution in [3.8, 4) is 0 Å². The number of aryl methyl sites for hydroxylation is 1. The smallest absolute Gasteiger partial charge is 0.253 e. The Labute approximate surface area is 104 Å². The van der Waals surface area contributed by atoms with Crippen molar-refractivity contribution in [2.24, 2.45) is 0 Å². The molecule has 0 amide bonds. The minimum atomic E-state index is 0.000363. The minimum absolute atomic E-state index is 0.000363. The Morgan fingerprint density at radius 1 is 1.35 bits per heavy atom. The summed E-state index contributed by atoms with van der Waals surface area (Å²) in [5.41, 5.74) is 7.85. The maximum absolute atomic E-state index is 11.8. The molecule has 0 atom stereocenters. The van der Waals surface area contributed by atoms with Crippen molar-refractivity contribution in [3.05, 3.63) is 63.0 Å². The maximum Gasteiger partial charge on any atom is 0.253 e. The van der Waals surface area contributed by atoms with Crippen molar-refractivity contribution in [1.29, 1.82) is 0 Å². The number of rotatable bonds is 2. The van der Waals surface area contributed by atoms with Crippen LogP contribution in [-0.4, -0.2) is 4.57 Å². The Hall–Kier alpha value is -1.74. The van der Waals surface area contributed by atoms with E-state index < -0.39 is 0 Å². The van der Waals surface area contributed by atoms with Crippen LogP contribution in [0.25, 0.3) is 0 Å². The molecule has 1 heterocycles. The molecule has 0 saturated carbocycles. The Morgan fingerprint density at radius 3 is 2.82 bits per heavy atom. The van der Waals surface area contributed by atoms with Crippen LogP contribution in [0, 0.1) is 6.92 Å². The fourth-order valence-electron chi connectivity index (χ4n) is 1.66. The first-order chi connectivity index (χ1) is 8.08. The number of benzene rings is 1. The topological polar surface area (TPSA) is 48.0 Å². The highest BCUT2D eigenvalue weighted by Gasteiger charge is 2.04. The first-order valence-electron chi connectivity index (χ1n) is 5.28. The highest BCUT2D eigenvalue weighted by molar-refractivity contribution is 6.31. The number of anilines is 1. The monoisotopic (exact) mass is 248 g/mol. The second-order valence-corrected chi connectivity index (χ2v) is 4.38. The van der Waals surface area contributed by atoms with Crippen molar-refractivity contribution in [3.63, 3.8) is 0 Å². The Bertz CT molecular complexity index is 605. The van der Waals surface area contributed by atoms with Crippen molar-refractivity contribution in [2.45, 2.75) is 13.5 Å². The number of nitrogen functional groups attached to an aromatic ring is 1. The predicted molar refractivity (Wildman–Crippen MR) is 70.4 cm³/mol. The van der Waals surface area contributed by atoms with Crippen molar-refractivity contribution < 1.29 is 0 Å². The van der Waals surface area contributed by atoms with Crippen LogP contribution >= 0.6 is 11.6 Å². The first-order valence-corrected chi connectivity index (χ1v) is 5.65. The number of aromatic nitrogens is 1. The van der Waals surface area contributed by atoms with Crippen LogP contribution in [0.3, 0.4) is 0 Å². The molecule has 0 aliphatic rings. The third kappa shape index (κ3) is 2.50. The van der Waals surface area contributed by atoms with Gasteiger partial charge in [0.05, 0.1) is 6.54 Å². The zero-order valence-electron chi connectivity index (χ0n) is 9.48. The maximum atomic E-state index is 11.8. The van der Waals surface area contributed by atoms with Crippen LogP contribution in [0.5, 0.6) is 0 Å². The van der Waals surface area contributed by atoms with E-state index in [1.165, 1.54) is 0 Å². The summed E-state index contributed by atoms with van der Waals surface area (Å²) in [6.07, 6.45) is 1.75. The van der Waals surface area contributed by atoms with Crippen LogP contribution < -0.4 is 11.3 Å². The van der Waals surface area contributed by atoms with E-state index in [0.717, 1.165) is 11.1 Å². The van der Waals surface area contributed by atoms with Gasteiger partial charge in [0.1, 0.15) is 0 Å². The second kappa shape index (κ2) is 4.63. The van der Waals surface area contributed by atoms with Gasteiger partial charge in [0.15, 0.2) is 0 Å². The molecule has 3 nitrogen and oxygen atoms in total. The summed E-state index contributed by atoms with van der Waals surface area (Å²) in [4.78, 5) is 11.8. The van der Waals surface area contributed by atoms with Gasteiger partial charge in [-0.2, -0.15) is 0 Å². The number of pyridine rings is 1. The van der Waals surface area contributed by atoms with Gasteiger partial charge in [0, 0.05) is 22.5 Å². The van der Waals surface area contributed by atoms with E-state index >= 15 is 0 Å². The van der Waals surface area contributed by atoms with Crippen LogP contribution in [0.15, 0.2) is 41.3 Å². The summed E-state index contributed by atoms with van der Waals surface area (Å²) in [7, 11) is 0. The molecule has 0 spiro atoms. The van der Waals surface area contributed by atoms with Crippen LogP contribution in [0.4, 0.5) is 5.69 Å². The largest absolute Gasteiger partial charge is 0.399 e. The van der Waals surface area contributed by atoms with Crippen molar-refractivity contribution in [1.82, 2.24) is 4.57 Å². The molecule has 0 fully saturated rings. The Morgan fingerprint density at radius 2 is 2.12 bits per heavy atom. The van der Waals surface area contributed by atoms with Gasteiger partial charge in [-0.1, -0.05) is 23.7 Å². The molecule has 0 aliphatic carbocycles. The molecule has 2 N–H and O–H groups in total. The van der Waals surface area contributed by atoms with E-state index in [0.29, 0.717) is 17.3 Å². The van der Waals surface area contributed by atoms with E-state index in [1.807, 2.05) is 12.1 Å². The lowest BCUT2D eigenvalue weighted by Gasteiger charge is -2.08. The molecule has 1 aromatic heterocycles. The van der Waals surface area contributed by atoms with E-state index in [-0.39, 0.29) is 5.56 Å². The average molecular weight is 249 g/mol. The summed E-state index contributed by atoms with van der Waals surface area (Å²) >= 11 is 6.08. The van der Waals surface area contributed by atoms with Gasteiger partial charge < -0.3 is 10.3 Å². The quantitative estimate of drug-likeness (QED) is 0.830. The standard InChI is InChI=1S/C13H13ClN2O/c1-9-3-2-6-16(13(9)17)8-10-4-5-11(15)7-12(10)14/h2-7H,8,15H2,1H3. The molecular weight excluding hydrogens is 236 g/mol. The predicted octanol–water partition coefficient (Wildman–Crippen LogP) is 2.44. The number of nitrogens with zero attached hydrogens (tertiary/aromatic N) is 1. The van der Waals surface area contributed by atoms with E-state index in [1.54, 1.807) is 35.9 Å². The lowest BCUT2D eigenvalue weighted by atomic mass is 10.2. The third-order valence-electron chi connectivity index (χ3n) is 2.63. The highest BCUT2D eigenvalue weighted by Crippen LogP contribution is 2.19. The molecule has 2 rings (SSSR count). The number of hydrogen-bond acceptors (Lipinski definition) is 2. The molecule has 0 unspecified atom stereocenters. The lowest BCUT2D eigenvalue weighted by Crippen LogP contribution is -2.21. The number of hydrogen-bond donors (Lipinski definition) is 1. The summed E-state index contributed by atoms with van der Waals surface area (Å²) in [5.74, 6) is 0. The van der Waals surface area contributed by atoms with Gasteiger partial charge in [-0.05, 0) is 30.7 Å². The van der Waals surface area contributed by atoms with Crippen LogP contribution in [0.1, 0.15) is 11.1 Å². The van der Waals surface area contributed by atoms with Crippen molar-refractivity contribution >= 4 is 17.3 Å². The summed E-state index contributed by atoms with van der Waals surface area (Å²) in [6, 6.07) is 8.96. The molecule has 4 heteroatoms. The van der Waals surface area contributed by atoms with Gasteiger partial charge >= 0.3 is 0 Å². The first kappa shape index (κ1) is 11.7. The van der Waals surface area contributed by atoms with Gasteiger partial charge in [0.25, 0.3) is 5.56 Å². The molecule has 0 aliphatic heterocycles. The van der Waals surface area contributed by atoms with Crippen molar-refractivity contribution in [2.75, 3.05) is 5.73 Å². The van der Waals surface area contributed by atoms with Gasteiger partial charge in [-0.3, -0.25) is 4.79 Å². The summed E-state index contributed by atoms with van der Waals surface area (Å²) in [6.45, 7) is 2.25. The van der Waals surface area contributed by atoms with Crippen LogP contribution in [-0.2, 0) is 6.54 Å². The normalized spacial score (nSPS) is 10.5. The molecule has 2 aromatic rings. The molecule has 1 aromatic carbocycles. The molecular formula is C13H13ClN2O. The molecule has 0 radical (unpaired) electrons. The zero-order valence-corrected chi connectivity index (χ0v) is 10.2. The van der Waals surface area contributed by atoms with Gasteiger partial charge in [-0.25, -0.2) is 0 Å². The second-order valence-electron chi connectivity index (χ2n) is 3.98. The van der Waals surface area contributed by atoms with Crippen LogP contribution in [0.2, 0.25) is 5.02 Å². The molecule has 17 heavy (non-hydrogen) atoms. The zero-order chi connectivity index (χ0) is 12.4. The SMILES string of the molecule is Cc1cccn(Cc2ccc(N)cc2Cl)c1=O. The lowest BCUT2D eigenvalue weighted by molar-refractivity contribution is 0.753. The van der Waals surface area contributed by atoms with E-state index in [2.05, 4.69) is 0 Å². The minimum Gasteiger partial charge on any atom is -0.399 e. The number of halogens is 1. The molecule has 0 saturated heterocycles. The average Bonchev–Trinajstić information content (AvgIpc) is 2.28.